The molecule has 1 aromatic heterocycles. The van der Waals surface area contributed by atoms with Crippen LogP contribution in [0.2, 0.25) is 0 Å². The van der Waals surface area contributed by atoms with Crippen molar-refractivity contribution in [3.63, 3.8) is 0 Å². The van der Waals surface area contributed by atoms with Gasteiger partial charge in [0.2, 0.25) is 5.91 Å². The number of fused-ring (bicyclic) bond motifs is 1. The van der Waals surface area contributed by atoms with E-state index in [4.69, 9.17) is 0 Å². The highest BCUT2D eigenvalue weighted by molar-refractivity contribution is 5.80. The fourth-order valence-corrected chi connectivity index (χ4v) is 4.27. The molecule has 0 spiro atoms. The first-order chi connectivity index (χ1) is 11.7. The Kier molecular flexibility index (Phi) is 4.07. The second-order valence-electron chi connectivity index (χ2n) is 6.84. The second-order valence-corrected chi connectivity index (χ2v) is 6.84. The maximum absolute atomic E-state index is 12.7. The van der Waals surface area contributed by atoms with Crippen LogP contribution < -0.4 is 0 Å². The number of hydrogen-bond donors (Lipinski definition) is 0. The lowest BCUT2D eigenvalue weighted by Crippen LogP contribution is -2.38. The van der Waals surface area contributed by atoms with Crippen LogP contribution in [-0.2, 0) is 11.3 Å². The summed E-state index contributed by atoms with van der Waals surface area (Å²) in [5.41, 5.74) is 2.49. The van der Waals surface area contributed by atoms with Crippen molar-refractivity contribution in [3.8, 4) is 0 Å². The molecule has 0 aliphatic carbocycles. The summed E-state index contributed by atoms with van der Waals surface area (Å²) in [5, 5.41) is 0. The molecule has 2 aromatic rings. The second kappa shape index (κ2) is 6.36. The number of nitrogens with zero attached hydrogens (tertiary/aromatic N) is 3. The average Bonchev–Trinajstić information content (AvgIpc) is 3.14. The largest absolute Gasteiger partial charge is 0.331 e. The lowest BCUT2D eigenvalue weighted by molar-refractivity contribution is -0.131. The van der Waals surface area contributed by atoms with Crippen LogP contribution in [0.4, 0.5) is 0 Å². The Bertz CT molecular complexity index is 703. The van der Waals surface area contributed by atoms with Gasteiger partial charge in [0.1, 0.15) is 0 Å². The molecule has 2 aliphatic rings. The standard InChI is InChI=1S/C20H23N3O/c1-15(17-5-3-2-4-6-17)23-18-9-12-22(19(18)13-20(23)24)14-16-7-10-21-11-8-16/h2-8,10-11,15,18-19H,9,12-14H2,1H3/t15?,18-,19-/m0/s1. The van der Waals surface area contributed by atoms with E-state index in [1.807, 2.05) is 30.6 Å². The van der Waals surface area contributed by atoms with Crippen molar-refractivity contribution in [1.82, 2.24) is 14.8 Å². The molecular formula is C20H23N3O. The Hall–Kier alpha value is -2.20. The highest BCUT2D eigenvalue weighted by Crippen LogP contribution is 2.38. The van der Waals surface area contributed by atoms with Crippen molar-refractivity contribution in [2.45, 2.75) is 44.4 Å². The van der Waals surface area contributed by atoms with Crippen LogP contribution in [0.5, 0.6) is 0 Å². The van der Waals surface area contributed by atoms with E-state index in [1.165, 1.54) is 11.1 Å². The molecule has 24 heavy (non-hydrogen) atoms. The zero-order valence-corrected chi connectivity index (χ0v) is 14.0. The molecule has 0 radical (unpaired) electrons. The number of benzene rings is 1. The molecule has 2 aliphatic heterocycles. The van der Waals surface area contributed by atoms with E-state index < -0.39 is 0 Å². The number of likely N-dealkylation sites (tertiary alicyclic amines) is 2. The molecule has 3 heterocycles. The Morgan fingerprint density at radius 2 is 1.88 bits per heavy atom. The van der Waals surface area contributed by atoms with Crippen molar-refractivity contribution >= 4 is 5.91 Å². The van der Waals surface area contributed by atoms with Crippen LogP contribution >= 0.6 is 0 Å². The number of pyridine rings is 1. The third-order valence-corrected chi connectivity index (χ3v) is 5.49. The Morgan fingerprint density at radius 3 is 2.62 bits per heavy atom. The monoisotopic (exact) mass is 321 g/mol. The molecular weight excluding hydrogens is 298 g/mol. The maximum atomic E-state index is 12.7. The van der Waals surface area contributed by atoms with Crippen molar-refractivity contribution < 1.29 is 4.79 Å². The van der Waals surface area contributed by atoms with E-state index in [0.717, 1.165) is 19.5 Å². The summed E-state index contributed by atoms with van der Waals surface area (Å²) in [6.45, 7) is 4.12. The smallest absolute Gasteiger partial charge is 0.225 e. The lowest BCUT2D eigenvalue weighted by atomic mass is 10.0. The van der Waals surface area contributed by atoms with Gasteiger partial charge in [0.25, 0.3) is 0 Å². The van der Waals surface area contributed by atoms with Gasteiger partial charge in [-0.15, -0.1) is 0 Å². The van der Waals surface area contributed by atoms with Crippen LogP contribution in [0.3, 0.4) is 0 Å². The van der Waals surface area contributed by atoms with Gasteiger partial charge in [0.15, 0.2) is 0 Å². The number of hydrogen-bond acceptors (Lipinski definition) is 3. The van der Waals surface area contributed by atoms with Gasteiger partial charge in [-0.05, 0) is 36.6 Å². The summed E-state index contributed by atoms with van der Waals surface area (Å²) < 4.78 is 0. The molecule has 4 rings (SSSR count). The Morgan fingerprint density at radius 1 is 1.12 bits per heavy atom. The fourth-order valence-electron chi connectivity index (χ4n) is 4.27. The molecule has 2 saturated heterocycles. The van der Waals surface area contributed by atoms with E-state index in [0.29, 0.717) is 24.4 Å². The minimum atomic E-state index is 0.148. The zero-order chi connectivity index (χ0) is 16.5. The quantitative estimate of drug-likeness (QED) is 0.868. The van der Waals surface area contributed by atoms with E-state index in [1.54, 1.807) is 0 Å². The zero-order valence-electron chi connectivity index (χ0n) is 14.0. The van der Waals surface area contributed by atoms with Gasteiger partial charge in [-0.2, -0.15) is 0 Å². The van der Waals surface area contributed by atoms with Crippen molar-refractivity contribution in [2.24, 2.45) is 0 Å². The minimum absolute atomic E-state index is 0.148. The summed E-state index contributed by atoms with van der Waals surface area (Å²) in [5.74, 6) is 0.292. The molecule has 0 N–H and O–H groups in total. The first-order valence-electron chi connectivity index (χ1n) is 8.73. The summed E-state index contributed by atoms with van der Waals surface area (Å²) in [6.07, 6.45) is 5.39. The van der Waals surface area contributed by atoms with Gasteiger partial charge in [0.05, 0.1) is 6.04 Å². The van der Waals surface area contributed by atoms with Gasteiger partial charge >= 0.3 is 0 Å². The highest BCUT2D eigenvalue weighted by atomic mass is 16.2. The molecule has 0 bridgehead atoms. The molecule has 2 fully saturated rings. The molecule has 4 heteroatoms. The third-order valence-electron chi connectivity index (χ3n) is 5.49. The fraction of sp³-hybridized carbons (Fsp3) is 0.400. The molecule has 3 atom stereocenters. The van der Waals surface area contributed by atoms with Gasteiger partial charge < -0.3 is 4.90 Å². The molecule has 0 saturated carbocycles. The first-order valence-corrected chi connectivity index (χ1v) is 8.73. The molecule has 124 valence electrons. The van der Waals surface area contributed by atoms with E-state index >= 15 is 0 Å². The molecule has 1 aromatic carbocycles. The summed E-state index contributed by atoms with van der Waals surface area (Å²) in [6, 6.07) is 15.3. The van der Waals surface area contributed by atoms with Gasteiger partial charge in [-0.25, -0.2) is 0 Å². The number of carbonyl (C=O) groups is 1. The minimum Gasteiger partial charge on any atom is -0.331 e. The van der Waals surface area contributed by atoms with Crippen LogP contribution in [0.1, 0.15) is 36.9 Å². The molecule has 1 amide bonds. The number of carbonyl (C=O) groups excluding carboxylic acids is 1. The number of aromatic nitrogens is 1. The van der Waals surface area contributed by atoms with Crippen molar-refractivity contribution in [3.05, 3.63) is 66.0 Å². The predicted octanol–water partition coefficient (Wildman–Crippen LogP) is 3.02. The Balaban J connectivity index is 1.51. The molecule has 1 unspecified atom stereocenters. The lowest BCUT2D eigenvalue weighted by Gasteiger charge is -2.31. The summed E-state index contributed by atoms with van der Waals surface area (Å²) >= 11 is 0. The number of amides is 1. The van der Waals surface area contributed by atoms with Crippen molar-refractivity contribution in [2.75, 3.05) is 6.54 Å². The Labute approximate surface area is 143 Å². The maximum Gasteiger partial charge on any atom is 0.225 e. The topological polar surface area (TPSA) is 36.4 Å². The number of rotatable bonds is 4. The summed E-state index contributed by atoms with van der Waals surface area (Å²) in [4.78, 5) is 21.4. The van der Waals surface area contributed by atoms with Crippen LogP contribution in [0.15, 0.2) is 54.9 Å². The van der Waals surface area contributed by atoms with Gasteiger partial charge in [0, 0.05) is 44.0 Å². The van der Waals surface area contributed by atoms with Gasteiger partial charge in [-0.1, -0.05) is 30.3 Å². The normalized spacial score (nSPS) is 25.0. The predicted molar refractivity (Wildman–Crippen MR) is 93.2 cm³/mol. The van der Waals surface area contributed by atoms with Gasteiger partial charge in [-0.3, -0.25) is 14.7 Å². The van der Waals surface area contributed by atoms with Crippen LogP contribution in [0, 0.1) is 0 Å². The van der Waals surface area contributed by atoms with E-state index in [9.17, 15) is 4.79 Å². The average molecular weight is 321 g/mol. The van der Waals surface area contributed by atoms with E-state index in [2.05, 4.69) is 46.0 Å². The van der Waals surface area contributed by atoms with Crippen LogP contribution in [0.25, 0.3) is 0 Å². The molecule has 4 nitrogen and oxygen atoms in total. The highest BCUT2D eigenvalue weighted by Gasteiger charge is 2.48. The summed E-state index contributed by atoms with van der Waals surface area (Å²) in [7, 11) is 0. The SMILES string of the molecule is CC(c1ccccc1)N1C(=O)C[C@H]2[C@@H]1CCN2Cc1ccncc1. The third kappa shape index (κ3) is 2.71. The van der Waals surface area contributed by atoms with Crippen LogP contribution in [-0.4, -0.2) is 39.3 Å². The van der Waals surface area contributed by atoms with Crippen molar-refractivity contribution in [1.29, 1.82) is 0 Å². The van der Waals surface area contributed by atoms with E-state index in [-0.39, 0.29) is 6.04 Å². The first kappa shape index (κ1) is 15.3.